The molecule has 0 bridgehead atoms. The summed E-state index contributed by atoms with van der Waals surface area (Å²) >= 11 is 1.67. The minimum Gasteiger partial charge on any atom is -0.449 e. The van der Waals surface area contributed by atoms with Crippen LogP contribution in [0.25, 0.3) is 0 Å². The summed E-state index contributed by atoms with van der Waals surface area (Å²) in [7, 11) is 0. The highest BCUT2D eigenvalue weighted by Crippen LogP contribution is 2.28. The van der Waals surface area contributed by atoms with Crippen molar-refractivity contribution < 1.29 is 14.3 Å². The Hall–Kier alpha value is -2.59. The normalized spacial score (nSPS) is 16.6. The molecule has 0 unspecified atom stereocenters. The number of nitriles is 1. The van der Waals surface area contributed by atoms with E-state index in [9.17, 15) is 14.9 Å². The predicted molar refractivity (Wildman–Crippen MR) is 112 cm³/mol. The number of ether oxygens (including phenoxy) is 1. The highest BCUT2D eigenvalue weighted by atomic mass is 32.1. The van der Waals surface area contributed by atoms with Gasteiger partial charge >= 0.3 is 5.97 Å². The van der Waals surface area contributed by atoms with E-state index in [0.29, 0.717) is 24.9 Å². The van der Waals surface area contributed by atoms with Gasteiger partial charge in [0.1, 0.15) is 5.54 Å². The average molecular weight is 414 g/mol. The number of aromatic nitrogens is 1. The quantitative estimate of drug-likeness (QED) is 0.723. The second-order valence-corrected chi connectivity index (χ2v) is 8.77. The number of rotatable bonds is 6. The lowest BCUT2D eigenvalue weighted by atomic mass is 9.83. The second kappa shape index (κ2) is 8.83. The number of carbonyl (C=O) groups excluding carboxylic acids is 2. The van der Waals surface area contributed by atoms with Crippen molar-refractivity contribution in [3.05, 3.63) is 45.4 Å². The summed E-state index contributed by atoms with van der Waals surface area (Å²) in [5, 5.41) is 14.4. The van der Waals surface area contributed by atoms with Crippen molar-refractivity contribution >= 4 is 23.2 Å². The van der Waals surface area contributed by atoms with Gasteiger partial charge in [0.2, 0.25) is 0 Å². The van der Waals surface area contributed by atoms with Gasteiger partial charge in [-0.15, -0.1) is 11.3 Å². The van der Waals surface area contributed by atoms with Gasteiger partial charge in [-0.1, -0.05) is 25.3 Å². The van der Waals surface area contributed by atoms with Crippen LogP contribution in [0.2, 0.25) is 0 Å². The van der Waals surface area contributed by atoms with Gasteiger partial charge in [-0.25, -0.2) is 4.79 Å². The van der Waals surface area contributed by atoms with Gasteiger partial charge < -0.3 is 14.6 Å². The monoisotopic (exact) mass is 413 g/mol. The molecule has 0 radical (unpaired) electrons. The number of esters is 1. The third-order valence-corrected chi connectivity index (χ3v) is 6.49. The average Bonchev–Trinajstić information content (AvgIpc) is 3.32. The Balaban J connectivity index is 1.66. The molecule has 1 aliphatic rings. The molecule has 0 saturated heterocycles. The highest BCUT2D eigenvalue weighted by Gasteiger charge is 2.35. The molecule has 2 aromatic rings. The van der Waals surface area contributed by atoms with Gasteiger partial charge in [0, 0.05) is 16.3 Å². The van der Waals surface area contributed by atoms with E-state index in [-0.39, 0.29) is 0 Å². The number of aryl methyl sites for hydroxylation is 1. The molecule has 1 fully saturated rings. The zero-order valence-corrected chi connectivity index (χ0v) is 18.0. The predicted octanol–water partition coefficient (Wildman–Crippen LogP) is 4.10. The van der Waals surface area contributed by atoms with Crippen molar-refractivity contribution in [1.82, 2.24) is 9.88 Å². The number of thiophene rings is 1. The Morgan fingerprint density at radius 2 is 2.07 bits per heavy atom. The number of hydrogen-bond donors (Lipinski definition) is 1. The maximum absolute atomic E-state index is 12.7. The topological polar surface area (TPSA) is 84.1 Å². The third-order valence-electron chi connectivity index (χ3n) is 5.62. The summed E-state index contributed by atoms with van der Waals surface area (Å²) in [6, 6.07) is 8.12. The van der Waals surface area contributed by atoms with Crippen molar-refractivity contribution in [3.8, 4) is 6.07 Å². The maximum Gasteiger partial charge on any atom is 0.340 e. The largest absolute Gasteiger partial charge is 0.449 e. The first-order valence-corrected chi connectivity index (χ1v) is 10.9. The summed E-state index contributed by atoms with van der Waals surface area (Å²) in [5.74, 6) is -0.943. The van der Waals surface area contributed by atoms with E-state index < -0.39 is 23.5 Å². The number of hydrogen-bond acceptors (Lipinski definition) is 5. The van der Waals surface area contributed by atoms with E-state index in [2.05, 4.69) is 22.0 Å². The van der Waals surface area contributed by atoms with Crippen molar-refractivity contribution in [1.29, 1.82) is 5.26 Å². The first kappa shape index (κ1) is 21.1. The van der Waals surface area contributed by atoms with Crippen LogP contribution in [-0.4, -0.2) is 28.1 Å². The Bertz CT molecular complexity index is 918. The molecule has 1 amide bonds. The number of nitrogens with zero attached hydrogens (tertiary/aromatic N) is 2. The Morgan fingerprint density at radius 1 is 1.34 bits per heavy atom. The fourth-order valence-corrected chi connectivity index (χ4v) is 4.54. The first-order valence-electron chi connectivity index (χ1n) is 9.98. The smallest absolute Gasteiger partial charge is 0.340 e. The molecule has 1 N–H and O–H groups in total. The minimum atomic E-state index is -0.963. The van der Waals surface area contributed by atoms with Crippen LogP contribution in [0, 0.1) is 25.2 Å². The van der Waals surface area contributed by atoms with Crippen LogP contribution in [0.1, 0.15) is 65.7 Å². The Labute approximate surface area is 175 Å². The van der Waals surface area contributed by atoms with Crippen LogP contribution in [0.3, 0.4) is 0 Å². The zero-order chi connectivity index (χ0) is 21.0. The van der Waals surface area contributed by atoms with Gasteiger partial charge in [-0.3, -0.25) is 4.79 Å². The number of amides is 1. The molecule has 0 aliphatic heterocycles. The van der Waals surface area contributed by atoms with Crippen molar-refractivity contribution in [2.75, 3.05) is 0 Å². The van der Waals surface area contributed by atoms with Crippen LogP contribution in [-0.2, 0) is 16.1 Å². The van der Waals surface area contributed by atoms with Crippen molar-refractivity contribution in [3.63, 3.8) is 0 Å². The van der Waals surface area contributed by atoms with Crippen molar-refractivity contribution in [2.24, 2.45) is 0 Å². The molecule has 0 spiro atoms. The molecular weight excluding hydrogens is 386 g/mol. The molecule has 2 heterocycles. The second-order valence-electron chi connectivity index (χ2n) is 7.74. The van der Waals surface area contributed by atoms with E-state index in [1.165, 1.54) is 4.88 Å². The summed E-state index contributed by atoms with van der Waals surface area (Å²) in [6.45, 7) is 6.08. The number of nitrogens with one attached hydrogen (secondary N) is 1. The van der Waals surface area contributed by atoms with Gasteiger partial charge in [0.25, 0.3) is 5.91 Å². The molecule has 154 valence electrons. The summed E-state index contributed by atoms with van der Waals surface area (Å²) < 4.78 is 7.51. The molecule has 1 aliphatic carbocycles. The SMILES string of the molecule is Cc1cc(C(=O)O[C@H](C)C(=O)NC2(C#N)CCCCC2)c(C)n1Cc1cccs1. The van der Waals surface area contributed by atoms with Gasteiger partial charge in [0.05, 0.1) is 18.2 Å². The summed E-state index contributed by atoms with van der Waals surface area (Å²) in [5.41, 5.74) is 1.40. The summed E-state index contributed by atoms with van der Waals surface area (Å²) in [4.78, 5) is 26.5. The lowest BCUT2D eigenvalue weighted by molar-refractivity contribution is -0.130. The van der Waals surface area contributed by atoms with Gasteiger partial charge in [-0.05, 0) is 51.1 Å². The fraction of sp³-hybridized carbons (Fsp3) is 0.500. The Kier molecular flexibility index (Phi) is 6.43. The molecular formula is C22H27N3O3S. The third kappa shape index (κ3) is 4.70. The van der Waals surface area contributed by atoms with Crippen LogP contribution >= 0.6 is 11.3 Å². The van der Waals surface area contributed by atoms with Crippen LogP contribution in [0.5, 0.6) is 0 Å². The molecule has 1 saturated carbocycles. The van der Waals surface area contributed by atoms with E-state index in [1.807, 2.05) is 25.3 Å². The highest BCUT2D eigenvalue weighted by molar-refractivity contribution is 7.09. The van der Waals surface area contributed by atoms with Gasteiger partial charge in [0.15, 0.2) is 6.10 Å². The number of carbonyl (C=O) groups is 2. The summed E-state index contributed by atoms with van der Waals surface area (Å²) in [6.07, 6.45) is 3.22. The maximum atomic E-state index is 12.7. The molecule has 3 rings (SSSR count). The lowest BCUT2D eigenvalue weighted by Crippen LogP contribution is -2.52. The molecule has 6 nitrogen and oxygen atoms in total. The lowest BCUT2D eigenvalue weighted by Gasteiger charge is -2.32. The van der Waals surface area contributed by atoms with E-state index in [4.69, 9.17) is 4.74 Å². The van der Waals surface area contributed by atoms with Crippen molar-refractivity contribution in [2.45, 2.75) is 71.1 Å². The van der Waals surface area contributed by atoms with Crippen LogP contribution < -0.4 is 5.32 Å². The Morgan fingerprint density at radius 3 is 2.69 bits per heavy atom. The molecule has 2 aromatic heterocycles. The van der Waals surface area contributed by atoms with Gasteiger partial charge in [-0.2, -0.15) is 5.26 Å². The van der Waals surface area contributed by atoms with E-state index in [1.54, 1.807) is 24.3 Å². The fourth-order valence-electron chi connectivity index (χ4n) is 3.84. The van der Waals surface area contributed by atoms with Crippen LogP contribution in [0.4, 0.5) is 0 Å². The molecule has 29 heavy (non-hydrogen) atoms. The molecule has 7 heteroatoms. The molecule has 1 atom stereocenters. The molecule has 0 aromatic carbocycles. The zero-order valence-electron chi connectivity index (χ0n) is 17.2. The van der Waals surface area contributed by atoms with E-state index >= 15 is 0 Å². The first-order chi connectivity index (χ1) is 13.8. The minimum absolute atomic E-state index is 0.422. The standard InChI is InChI=1S/C22H27N3O3S/c1-15-12-19(16(2)25(15)13-18-8-7-11-29-18)21(27)28-17(3)20(26)24-22(14-23)9-5-4-6-10-22/h7-8,11-12,17H,4-6,9-10,13H2,1-3H3,(H,24,26)/t17-/m1/s1. The van der Waals surface area contributed by atoms with Crippen LogP contribution in [0.15, 0.2) is 23.6 Å². The van der Waals surface area contributed by atoms with E-state index in [0.717, 1.165) is 30.7 Å².